The van der Waals surface area contributed by atoms with Gasteiger partial charge in [0.25, 0.3) is 17.0 Å². The molecule has 0 fully saturated rings. The monoisotopic (exact) mass is 1240 g/mol. The lowest BCUT2D eigenvalue weighted by Crippen LogP contribution is -2.38. The molecule has 90 heavy (non-hydrogen) atoms. The number of amides is 2. The third-order valence-electron chi connectivity index (χ3n) is 13.4. The van der Waals surface area contributed by atoms with Crippen molar-refractivity contribution in [2.75, 3.05) is 40.1 Å². The molecule has 6 aromatic heterocycles. The molecular weight excluding hydrogens is 1150 g/mol. The zero-order valence-electron chi connectivity index (χ0n) is 55.3. The number of carbonyl (C=O) groups excluding carboxylic acids is 3. The van der Waals surface area contributed by atoms with Crippen molar-refractivity contribution in [1.29, 1.82) is 5.41 Å². The molecule has 0 unspecified atom stereocenters. The van der Waals surface area contributed by atoms with E-state index >= 15 is 0 Å². The number of ketones is 1. The highest BCUT2D eigenvalue weighted by molar-refractivity contribution is 6.08. The summed E-state index contributed by atoms with van der Waals surface area (Å²) in [4.78, 5) is 118. The first kappa shape index (κ1) is 72.5. The molecule has 0 atom stereocenters. The summed E-state index contributed by atoms with van der Waals surface area (Å²) in [6.07, 6.45) is 7.52. The Morgan fingerprint density at radius 2 is 1.11 bits per heavy atom. The van der Waals surface area contributed by atoms with E-state index in [0.29, 0.717) is 80.1 Å². The van der Waals surface area contributed by atoms with E-state index in [9.17, 15) is 33.6 Å². The Kier molecular flexibility index (Phi) is 21.9. The molecule has 7 aromatic rings. The van der Waals surface area contributed by atoms with Crippen LogP contribution in [-0.4, -0.2) is 82.3 Å². The maximum absolute atomic E-state index is 11.9. The molecule has 0 saturated carbocycles. The molecule has 7 heterocycles. The number of imide groups is 1. The lowest BCUT2D eigenvalue weighted by Gasteiger charge is -2.27. The SMILES string of the molecule is CC(=N)c1cn(C(C)(C)C)c(=O)nc1N.CC(C)(C)C1=CCC(=O)NC1=O.CC(C)(C)C1=CCC(=O)c2c(N)nc(N)nc21.CC(C)(C)c1ccc(N)c2c(=O)[nH]c(N)nc12.CC(C)(C)n1ccc(N)nc1=O.Cc1nc(N)nc2[nH]c(=O)c(C(C)(C)C)nc12. The average molecular weight is 1240 g/mol. The lowest BCUT2D eigenvalue weighted by atomic mass is 9.79. The lowest BCUT2D eigenvalue weighted by molar-refractivity contribution is -0.129. The number of rotatable bonds is 1. The molecule has 28 heteroatoms. The van der Waals surface area contributed by atoms with Gasteiger partial charge in [0.2, 0.25) is 23.8 Å². The standard InChI is InChI=1S/2C12H16N4O.C11H15N5O.C10H16N4O.C9H13NO2.C8H13N3O/c1-12(2,3)6-4-5-7(17)8-9(6)15-11(14)16-10(8)13;1-12(2,3)6-4-5-7(13)8-9(6)15-11(14)16-10(8)17;1-5-6-8(16-10(12)13-5)15-9(17)7(14-6)11(2,3)4;1-6(11)7-5-14(10(2,3)4)9(15)13-8(7)12;1-9(2,3)6-4-5-7(11)10-8(6)12;1-8(2,3)11-5-4-6(9)10-7(11)12/h4H,5H2,1-3H3,(H4,13,14,15,16);4-5H,13H2,1-3H3,(H3,14,15,16,17);1-4H3,(H3,12,13,15,16,17);5,11H,1-4H3,(H2,12,13,15);4H,5H2,1-3H3,(H,10,11,12);4-5H,1-3H3,(H2,9,10,12). The summed E-state index contributed by atoms with van der Waals surface area (Å²) >= 11 is 0. The third-order valence-corrected chi connectivity index (χ3v) is 13.4. The number of allylic oxidation sites excluding steroid dienone is 2. The number of anilines is 7. The molecule has 28 nitrogen and oxygen atoms in total. The molecule has 9 rings (SSSR count). The summed E-state index contributed by atoms with van der Waals surface area (Å²) < 4.78 is 3.03. The van der Waals surface area contributed by atoms with Crippen LogP contribution < -0.4 is 68.0 Å². The Labute approximate surface area is 522 Å². The minimum atomic E-state index is -0.384. The van der Waals surface area contributed by atoms with Crippen LogP contribution in [0.15, 0.2) is 67.5 Å². The van der Waals surface area contributed by atoms with Crippen LogP contribution >= 0.6 is 0 Å². The van der Waals surface area contributed by atoms with Crippen LogP contribution in [0.25, 0.3) is 27.6 Å². The second-order valence-electron chi connectivity index (χ2n) is 27.5. The minimum absolute atomic E-state index is 0.0505. The van der Waals surface area contributed by atoms with Crippen molar-refractivity contribution in [3.8, 4) is 0 Å². The molecule has 2 amide bonds. The van der Waals surface area contributed by atoms with Gasteiger partial charge >= 0.3 is 11.4 Å². The topological polar surface area (TPSA) is 482 Å². The van der Waals surface area contributed by atoms with Gasteiger partial charge in [-0.25, -0.2) is 29.5 Å². The smallest absolute Gasteiger partial charge is 0.350 e. The zero-order chi connectivity index (χ0) is 68.9. The third kappa shape index (κ3) is 18.5. The maximum atomic E-state index is 11.9. The number of nitrogens with two attached hydrogens (primary N) is 7. The number of benzene rings is 1. The number of aromatic amines is 2. The molecule has 1 aliphatic carbocycles. The van der Waals surface area contributed by atoms with Crippen LogP contribution in [0.2, 0.25) is 0 Å². The summed E-state index contributed by atoms with van der Waals surface area (Å²) in [7, 11) is 0. The number of carbonyl (C=O) groups is 3. The molecule has 0 saturated heterocycles. The molecule has 1 aromatic carbocycles. The number of hydrogen-bond acceptors (Lipinski definition) is 23. The van der Waals surface area contributed by atoms with Crippen molar-refractivity contribution in [3.63, 3.8) is 0 Å². The molecule has 2 aliphatic rings. The van der Waals surface area contributed by atoms with Gasteiger partial charge in [-0.15, -0.1) is 0 Å². The molecule has 18 N–H and O–H groups in total. The average Bonchev–Trinajstić information content (AvgIpc) is 1.57. The van der Waals surface area contributed by atoms with Crippen molar-refractivity contribution >= 4 is 91.9 Å². The van der Waals surface area contributed by atoms with Crippen LogP contribution in [-0.2, 0) is 31.5 Å². The summed E-state index contributed by atoms with van der Waals surface area (Å²) in [6, 6.07) is 5.24. The molecule has 1 aliphatic heterocycles. The Morgan fingerprint density at radius 1 is 0.556 bits per heavy atom. The van der Waals surface area contributed by atoms with Gasteiger partial charge in [0, 0.05) is 58.7 Å². The van der Waals surface area contributed by atoms with Crippen LogP contribution in [0.4, 0.5) is 41.0 Å². The molecular formula is C62H89N21O7. The van der Waals surface area contributed by atoms with Crippen molar-refractivity contribution in [3.05, 3.63) is 124 Å². The summed E-state index contributed by atoms with van der Waals surface area (Å²) in [5.41, 5.74) is 44.2. The van der Waals surface area contributed by atoms with Gasteiger partial charge in [-0.3, -0.25) is 43.4 Å². The largest absolute Gasteiger partial charge is 0.398 e. The molecule has 0 bridgehead atoms. The number of Topliss-reactive ketones (excluding diaryl/α,β-unsaturated/α-hetero) is 1. The van der Waals surface area contributed by atoms with Gasteiger partial charge < -0.3 is 50.5 Å². The predicted molar refractivity (Wildman–Crippen MR) is 357 cm³/mol. The number of fused-ring (bicyclic) bond motifs is 3. The second kappa shape index (κ2) is 27.2. The van der Waals surface area contributed by atoms with E-state index in [-0.39, 0.29) is 108 Å². The molecule has 484 valence electrons. The van der Waals surface area contributed by atoms with Gasteiger partial charge in [0.05, 0.1) is 33.4 Å². The van der Waals surface area contributed by atoms with Gasteiger partial charge in [-0.2, -0.15) is 19.9 Å². The number of aryl methyl sites for hydroxylation is 1. The van der Waals surface area contributed by atoms with Gasteiger partial charge in [-0.05, 0) is 94.9 Å². The highest BCUT2D eigenvalue weighted by Crippen LogP contribution is 2.40. The Balaban J connectivity index is 0.000000232. The zero-order valence-corrected chi connectivity index (χ0v) is 55.3. The van der Waals surface area contributed by atoms with Gasteiger partial charge in [0.15, 0.2) is 11.4 Å². The molecule has 0 spiro atoms. The highest BCUT2D eigenvalue weighted by atomic mass is 16.2. The fraction of sp³-hybridized carbons (Fsp3) is 0.452. The quantitative estimate of drug-likeness (QED) is 0.0474. The maximum Gasteiger partial charge on any atom is 0.350 e. The Bertz CT molecular complexity index is 4220. The number of nitrogen functional groups attached to an aromatic ring is 7. The fourth-order valence-electron chi connectivity index (χ4n) is 8.91. The van der Waals surface area contributed by atoms with Crippen molar-refractivity contribution in [2.24, 2.45) is 10.8 Å². The van der Waals surface area contributed by atoms with Crippen LogP contribution in [0.5, 0.6) is 0 Å². The fourth-order valence-corrected chi connectivity index (χ4v) is 8.91. The van der Waals surface area contributed by atoms with E-state index < -0.39 is 0 Å². The number of nitrogens with zero attached hydrogens (tertiary/aromatic N) is 10. The summed E-state index contributed by atoms with van der Waals surface area (Å²) in [5, 5.41) is 10.2. The first-order chi connectivity index (χ1) is 40.9. The molecule has 0 radical (unpaired) electrons. The van der Waals surface area contributed by atoms with Crippen molar-refractivity contribution < 1.29 is 14.4 Å². The number of H-pyrrole nitrogens is 2. The van der Waals surface area contributed by atoms with E-state index in [4.69, 9.17) is 45.5 Å². The number of nitrogens with one attached hydrogen (secondary N) is 4. The normalized spacial score (nSPS) is 13.4. The second-order valence-corrected chi connectivity index (χ2v) is 27.5. The van der Waals surface area contributed by atoms with Crippen LogP contribution in [0.1, 0.15) is 183 Å². The van der Waals surface area contributed by atoms with E-state index in [1.54, 1.807) is 49.0 Å². The first-order valence-corrected chi connectivity index (χ1v) is 28.6. The summed E-state index contributed by atoms with van der Waals surface area (Å²) in [5.74, 6) is 0.388. The van der Waals surface area contributed by atoms with E-state index in [1.807, 2.05) is 95.2 Å². The Hall–Kier alpha value is -10.0. The van der Waals surface area contributed by atoms with E-state index in [2.05, 4.69) is 96.7 Å². The van der Waals surface area contributed by atoms with Crippen LogP contribution in [0.3, 0.4) is 0 Å². The van der Waals surface area contributed by atoms with E-state index in [1.165, 1.54) is 4.57 Å². The van der Waals surface area contributed by atoms with Crippen molar-refractivity contribution in [2.45, 2.75) is 173 Å². The summed E-state index contributed by atoms with van der Waals surface area (Å²) in [6.45, 7) is 38.9. The number of aromatic nitrogens is 12. The van der Waals surface area contributed by atoms with Gasteiger partial charge in [-0.1, -0.05) is 101 Å². The van der Waals surface area contributed by atoms with Gasteiger partial charge in [0.1, 0.15) is 28.7 Å². The van der Waals surface area contributed by atoms with Crippen LogP contribution in [0, 0.1) is 23.2 Å². The highest BCUT2D eigenvalue weighted by Gasteiger charge is 2.32. The first-order valence-electron chi connectivity index (χ1n) is 28.6. The minimum Gasteiger partial charge on any atom is -0.398 e. The van der Waals surface area contributed by atoms with E-state index in [0.717, 1.165) is 11.1 Å². The Morgan fingerprint density at radius 3 is 1.62 bits per heavy atom. The predicted octanol–water partition coefficient (Wildman–Crippen LogP) is 6.50. The van der Waals surface area contributed by atoms with Crippen molar-refractivity contribution in [1.82, 2.24) is 64.3 Å². The number of hydrogen-bond donors (Lipinski definition) is 11.